The van der Waals surface area contributed by atoms with E-state index in [0.717, 1.165) is 16.5 Å². The van der Waals surface area contributed by atoms with Gasteiger partial charge in [0.05, 0.1) is 20.5 Å². The van der Waals surface area contributed by atoms with Gasteiger partial charge in [0.15, 0.2) is 0 Å². The molecule has 1 heterocycles. The molecule has 0 radical (unpaired) electrons. The van der Waals surface area contributed by atoms with E-state index in [4.69, 9.17) is 23.7 Å². The maximum Gasteiger partial charge on any atom is 0.341 e. The number of aliphatic hydroxyl groups is 1. The minimum absolute atomic E-state index is 0.0163. The predicted molar refractivity (Wildman–Crippen MR) is 120 cm³/mol. The van der Waals surface area contributed by atoms with Gasteiger partial charge in [0.1, 0.15) is 23.5 Å². The van der Waals surface area contributed by atoms with Gasteiger partial charge < -0.3 is 23.7 Å². The number of aryl methyl sites for hydroxylation is 1. The summed E-state index contributed by atoms with van der Waals surface area (Å²) in [6, 6.07) is 12.6. The first kappa shape index (κ1) is 23.1. The average Bonchev–Trinajstić information content (AvgIpc) is 2.80. The molecule has 0 aliphatic rings. The molecule has 2 aromatic carbocycles. The van der Waals surface area contributed by atoms with E-state index in [1.54, 1.807) is 18.2 Å². The van der Waals surface area contributed by atoms with Crippen molar-refractivity contribution in [1.82, 2.24) is 0 Å². The van der Waals surface area contributed by atoms with Gasteiger partial charge in [0.2, 0.25) is 0 Å². The van der Waals surface area contributed by atoms with Gasteiger partial charge in [-0.25, -0.2) is 9.59 Å². The normalized spacial score (nSPS) is 11.4. The van der Waals surface area contributed by atoms with Crippen LogP contribution < -0.4 is 10.4 Å². The van der Waals surface area contributed by atoms with Crippen molar-refractivity contribution in [2.45, 2.75) is 26.4 Å². The summed E-state index contributed by atoms with van der Waals surface area (Å²) in [6.45, 7) is 2.07. The SMILES string of the molecule is CO/C=C(/C(=O)OC)c1ccccc1COc1ccc2c(C)c(CCCO)c(=O)oc2c1. The maximum atomic E-state index is 12.4. The maximum absolute atomic E-state index is 12.4. The summed E-state index contributed by atoms with van der Waals surface area (Å²) in [4.78, 5) is 24.5. The molecule has 0 saturated carbocycles. The Balaban J connectivity index is 1.88. The molecule has 0 atom stereocenters. The second-order valence-electron chi connectivity index (χ2n) is 7.18. The van der Waals surface area contributed by atoms with Gasteiger partial charge in [0.25, 0.3) is 0 Å². The Morgan fingerprint density at radius 1 is 1.16 bits per heavy atom. The summed E-state index contributed by atoms with van der Waals surface area (Å²) in [7, 11) is 2.77. The summed E-state index contributed by atoms with van der Waals surface area (Å²) in [5.74, 6) is 0.00700. The monoisotopic (exact) mass is 438 g/mol. The number of aliphatic hydroxyl groups excluding tert-OH is 1. The minimum atomic E-state index is -0.515. The Kier molecular flexibility index (Phi) is 7.68. The molecule has 0 aliphatic heterocycles. The van der Waals surface area contributed by atoms with Crippen molar-refractivity contribution in [3.63, 3.8) is 0 Å². The predicted octanol–water partition coefficient (Wildman–Crippen LogP) is 3.77. The molecule has 1 aromatic heterocycles. The number of hydrogen-bond donors (Lipinski definition) is 1. The molecule has 0 unspecified atom stereocenters. The molecular formula is C25H26O7. The largest absolute Gasteiger partial charge is 0.503 e. The lowest BCUT2D eigenvalue weighted by Crippen LogP contribution is -2.11. The van der Waals surface area contributed by atoms with Crippen molar-refractivity contribution < 1.29 is 28.5 Å². The number of benzene rings is 2. The molecule has 32 heavy (non-hydrogen) atoms. The van der Waals surface area contributed by atoms with Crippen LogP contribution in [-0.4, -0.2) is 31.9 Å². The van der Waals surface area contributed by atoms with Crippen molar-refractivity contribution in [3.8, 4) is 5.75 Å². The lowest BCUT2D eigenvalue weighted by molar-refractivity contribution is -0.133. The van der Waals surface area contributed by atoms with Crippen LogP contribution in [0, 0.1) is 6.92 Å². The fourth-order valence-corrected chi connectivity index (χ4v) is 3.53. The zero-order valence-electron chi connectivity index (χ0n) is 18.3. The van der Waals surface area contributed by atoms with E-state index in [-0.39, 0.29) is 18.8 Å². The van der Waals surface area contributed by atoms with E-state index in [0.29, 0.717) is 35.3 Å². The third-order valence-electron chi connectivity index (χ3n) is 5.19. The molecule has 0 spiro atoms. The van der Waals surface area contributed by atoms with Crippen LogP contribution in [0.25, 0.3) is 16.5 Å². The third kappa shape index (κ3) is 5.00. The number of carbonyl (C=O) groups is 1. The summed E-state index contributed by atoms with van der Waals surface area (Å²) in [5.41, 5.74) is 3.13. The quantitative estimate of drug-likeness (QED) is 0.235. The van der Waals surface area contributed by atoms with Crippen LogP contribution in [-0.2, 0) is 27.3 Å². The van der Waals surface area contributed by atoms with Crippen molar-refractivity contribution in [2.75, 3.05) is 20.8 Å². The number of methoxy groups -OCH3 is 2. The van der Waals surface area contributed by atoms with Crippen molar-refractivity contribution >= 4 is 22.5 Å². The average molecular weight is 438 g/mol. The van der Waals surface area contributed by atoms with Gasteiger partial charge in [-0.3, -0.25) is 0 Å². The standard InChI is InChI=1S/C25H26O7/c1-16-19-11-10-18(13-23(19)32-25(28)20(16)9-6-12-26)31-14-17-7-4-5-8-21(17)22(15-29-2)24(27)30-3/h4-5,7-8,10-11,13,15,26H,6,9,12,14H2,1-3H3/b22-15+. The van der Waals surface area contributed by atoms with Gasteiger partial charge >= 0.3 is 11.6 Å². The number of hydrogen-bond acceptors (Lipinski definition) is 7. The second-order valence-corrected chi connectivity index (χ2v) is 7.18. The lowest BCUT2D eigenvalue weighted by atomic mass is 10.0. The van der Waals surface area contributed by atoms with Gasteiger partial charge in [0, 0.05) is 23.6 Å². The number of rotatable bonds is 9. The van der Waals surface area contributed by atoms with E-state index in [9.17, 15) is 9.59 Å². The highest BCUT2D eigenvalue weighted by molar-refractivity contribution is 6.16. The molecule has 3 aromatic rings. The second kappa shape index (κ2) is 10.6. The van der Waals surface area contributed by atoms with Gasteiger partial charge in [-0.2, -0.15) is 0 Å². The summed E-state index contributed by atoms with van der Waals surface area (Å²) in [5, 5.41) is 9.88. The number of fused-ring (bicyclic) bond motifs is 1. The first-order valence-electron chi connectivity index (χ1n) is 10.2. The Hall–Kier alpha value is -3.58. The molecule has 7 heteroatoms. The van der Waals surface area contributed by atoms with Crippen LogP contribution >= 0.6 is 0 Å². The first-order valence-corrected chi connectivity index (χ1v) is 10.2. The van der Waals surface area contributed by atoms with Crippen molar-refractivity contribution in [3.05, 3.63) is 81.4 Å². The molecule has 1 N–H and O–H groups in total. The smallest absolute Gasteiger partial charge is 0.341 e. The van der Waals surface area contributed by atoms with E-state index < -0.39 is 11.6 Å². The molecular weight excluding hydrogens is 412 g/mol. The van der Waals surface area contributed by atoms with Crippen molar-refractivity contribution in [2.24, 2.45) is 0 Å². The number of esters is 1. The Bertz CT molecular complexity index is 1190. The number of carbonyl (C=O) groups excluding carboxylic acids is 1. The Morgan fingerprint density at radius 2 is 1.94 bits per heavy atom. The summed E-state index contributed by atoms with van der Waals surface area (Å²) < 4.78 is 21.3. The molecule has 0 amide bonds. The van der Waals surface area contributed by atoms with E-state index in [1.165, 1.54) is 20.5 Å². The molecule has 0 fully saturated rings. The fraction of sp³-hybridized carbons (Fsp3) is 0.280. The Labute approximate surface area is 185 Å². The van der Waals surface area contributed by atoms with Crippen LogP contribution in [0.4, 0.5) is 0 Å². The van der Waals surface area contributed by atoms with Crippen LogP contribution in [0.15, 0.2) is 57.9 Å². The molecule has 0 bridgehead atoms. The Morgan fingerprint density at radius 3 is 2.66 bits per heavy atom. The van der Waals surface area contributed by atoms with Crippen molar-refractivity contribution in [1.29, 1.82) is 0 Å². The molecule has 3 rings (SSSR count). The zero-order chi connectivity index (χ0) is 23.1. The molecule has 0 aliphatic carbocycles. The number of ether oxygens (including phenoxy) is 3. The third-order valence-corrected chi connectivity index (χ3v) is 5.19. The zero-order valence-corrected chi connectivity index (χ0v) is 18.3. The topological polar surface area (TPSA) is 95.2 Å². The van der Waals surface area contributed by atoms with Crippen LogP contribution in [0.3, 0.4) is 0 Å². The van der Waals surface area contributed by atoms with Gasteiger partial charge in [-0.1, -0.05) is 24.3 Å². The molecule has 7 nitrogen and oxygen atoms in total. The van der Waals surface area contributed by atoms with E-state index in [2.05, 4.69) is 0 Å². The first-order chi connectivity index (χ1) is 15.5. The molecule has 0 saturated heterocycles. The molecule has 168 valence electrons. The minimum Gasteiger partial charge on any atom is -0.503 e. The van der Waals surface area contributed by atoms with Crippen LogP contribution in [0.1, 0.15) is 28.7 Å². The van der Waals surface area contributed by atoms with Crippen LogP contribution in [0.5, 0.6) is 5.75 Å². The fourth-order valence-electron chi connectivity index (χ4n) is 3.53. The van der Waals surface area contributed by atoms with Gasteiger partial charge in [-0.05, 0) is 48.6 Å². The van der Waals surface area contributed by atoms with E-state index >= 15 is 0 Å². The van der Waals surface area contributed by atoms with Crippen LogP contribution in [0.2, 0.25) is 0 Å². The summed E-state index contributed by atoms with van der Waals surface area (Å²) in [6.07, 6.45) is 2.31. The highest BCUT2D eigenvalue weighted by atomic mass is 16.5. The highest BCUT2D eigenvalue weighted by Crippen LogP contribution is 2.27. The van der Waals surface area contributed by atoms with Gasteiger partial charge in [-0.15, -0.1) is 0 Å². The highest BCUT2D eigenvalue weighted by Gasteiger charge is 2.17. The lowest BCUT2D eigenvalue weighted by Gasteiger charge is -2.13. The summed E-state index contributed by atoms with van der Waals surface area (Å²) >= 11 is 0. The van der Waals surface area contributed by atoms with E-state index in [1.807, 2.05) is 31.2 Å².